The number of carbonyl (C=O) groups is 2. The molecule has 248 valence electrons. The fourth-order valence-electron chi connectivity index (χ4n) is 7.33. The highest BCUT2D eigenvalue weighted by molar-refractivity contribution is 7.90. The van der Waals surface area contributed by atoms with Crippen molar-refractivity contribution in [1.82, 2.24) is 18.8 Å². The number of hydrogen-bond donors (Lipinski definition) is 1. The molecule has 2 aromatic carbocycles. The molecule has 1 N–H and O–H groups in total. The van der Waals surface area contributed by atoms with Gasteiger partial charge in [0.1, 0.15) is 5.75 Å². The number of nitrogens with zero attached hydrogens (tertiary/aromatic N) is 3. The molecule has 0 unspecified atom stereocenters. The molecule has 4 aromatic rings. The van der Waals surface area contributed by atoms with E-state index in [4.69, 9.17) is 9.15 Å². The zero-order valence-electron chi connectivity index (χ0n) is 27.4. The fourth-order valence-corrected chi connectivity index (χ4v) is 8.69. The van der Waals surface area contributed by atoms with Crippen LogP contribution in [0.15, 0.2) is 46.9 Å². The Morgan fingerprint density at radius 1 is 1.02 bits per heavy atom. The van der Waals surface area contributed by atoms with E-state index < -0.39 is 21.3 Å². The van der Waals surface area contributed by atoms with E-state index >= 15 is 0 Å². The third kappa shape index (κ3) is 5.79. The van der Waals surface area contributed by atoms with Crippen molar-refractivity contribution in [3.8, 4) is 17.0 Å². The normalized spacial score (nSPS) is 17.4. The van der Waals surface area contributed by atoms with Crippen molar-refractivity contribution in [3.63, 3.8) is 0 Å². The maximum atomic E-state index is 14.2. The lowest BCUT2D eigenvalue weighted by atomic mass is 9.81. The minimum Gasteiger partial charge on any atom is -0.497 e. The van der Waals surface area contributed by atoms with Gasteiger partial charge in [-0.2, -0.15) is 0 Å². The van der Waals surface area contributed by atoms with Crippen LogP contribution in [0.25, 0.3) is 34.6 Å². The van der Waals surface area contributed by atoms with E-state index in [0.29, 0.717) is 23.6 Å². The van der Waals surface area contributed by atoms with Crippen molar-refractivity contribution >= 4 is 45.1 Å². The van der Waals surface area contributed by atoms with Gasteiger partial charge in [0, 0.05) is 30.1 Å². The molecule has 0 spiro atoms. The molecule has 11 heteroatoms. The molecule has 2 saturated carbocycles. The van der Waals surface area contributed by atoms with Crippen LogP contribution in [0.1, 0.15) is 80.6 Å². The number of carbonyl (C=O) groups excluding carboxylic acids is 2. The van der Waals surface area contributed by atoms with E-state index in [1.165, 1.54) is 12.0 Å². The van der Waals surface area contributed by atoms with Crippen LogP contribution >= 0.6 is 0 Å². The highest BCUT2D eigenvalue weighted by atomic mass is 32.2. The molecule has 0 saturated heterocycles. The second-order valence-corrected chi connectivity index (χ2v) is 15.6. The summed E-state index contributed by atoms with van der Waals surface area (Å²) in [5.74, 6) is 0.165. The smallest absolute Gasteiger partial charge is 0.264 e. The minimum atomic E-state index is -3.80. The number of sulfonamides is 1. The second kappa shape index (κ2) is 11.8. The van der Waals surface area contributed by atoms with E-state index in [1.807, 2.05) is 29.8 Å². The molecule has 0 atom stereocenters. The summed E-state index contributed by atoms with van der Waals surface area (Å²) >= 11 is 0. The summed E-state index contributed by atoms with van der Waals surface area (Å²) in [4.78, 5) is 29.2. The van der Waals surface area contributed by atoms with E-state index in [9.17, 15) is 18.0 Å². The van der Waals surface area contributed by atoms with Gasteiger partial charge in [-0.3, -0.25) is 19.1 Å². The number of aromatic nitrogens is 2. The summed E-state index contributed by atoms with van der Waals surface area (Å²) in [7, 11) is -0.255. The Morgan fingerprint density at radius 3 is 2.30 bits per heavy atom. The number of methoxy groups -OCH3 is 1. The number of benzene rings is 2. The Kier molecular flexibility index (Phi) is 7.85. The summed E-state index contributed by atoms with van der Waals surface area (Å²) in [6, 6.07) is 13.5. The predicted octanol–water partition coefficient (Wildman–Crippen LogP) is 4.81. The molecule has 4 aliphatic rings. The van der Waals surface area contributed by atoms with Crippen LogP contribution < -0.4 is 20.6 Å². The van der Waals surface area contributed by atoms with Gasteiger partial charge >= 0.3 is 0 Å². The molecule has 2 aliphatic heterocycles. The quantitative estimate of drug-likeness (QED) is 0.262. The molecule has 2 fully saturated rings. The molecule has 2 aromatic heterocycles. The zero-order valence-corrected chi connectivity index (χ0v) is 28.2. The zero-order chi connectivity index (χ0) is 33.1. The SMILES string of the molecule is COc1ccc(-c2c(C3CCCCC3)c3ccc(C(=O)NS(=O)(=O)CC(C)C)cc3n2CC2(C(=O)N3C=c4oc(n4C)=C3)CC2)cc1. The topological polar surface area (TPSA) is 116 Å². The van der Waals surface area contributed by atoms with Gasteiger partial charge in [0.05, 0.1) is 36.4 Å². The van der Waals surface area contributed by atoms with Crippen LogP contribution in [0.2, 0.25) is 0 Å². The Labute approximate surface area is 274 Å². The van der Waals surface area contributed by atoms with Crippen molar-refractivity contribution in [1.29, 1.82) is 0 Å². The number of nitrogens with one attached hydrogen (secondary N) is 1. The molecule has 2 amide bonds. The predicted molar refractivity (Wildman–Crippen MR) is 180 cm³/mol. The molecule has 2 aliphatic carbocycles. The minimum absolute atomic E-state index is 0.0133. The summed E-state index contributed by atoms with van der Waals surface area (Å²) in [5.41, 5.74) is 5.01. The van der Waals surface area contributed by atoms with Crippen LogP contribution in [0.3, 0.4) is 0 Å². The number of rotatable bonds is 10. The van der Waals surface area contributed by atoms with Gasteiger partial charge in [-0.05, 0) is 85.0 Å². The van der Waals surface area contributed by atoms with Crippen LogP contribution in [-0.2, 0) is 28.4 Å². The van der Waals surface area contributed by atoms with E-state index in [0.717, 1.165) is 66.4 Å². The molecule has 8 rings (SSSR count). The number of fused-ring (bicyclic) bond motifs is 3. The van der Waals surface area contributed by atoms with Crippen molar-refractivity contribution in [2.45, 2.75) is 71.3 Å². The lowest BCUT2D eigenvalue weighted by Crippen LogP contribution is -2.48. The molecule has 4 heterocycles. The van der Waals surface area contributed by atoms with Crippen molar-refractivity contribution in [2.75, 3.05) is 12.9 Å². The van der Waals surface area contributed by atoms with Crippen molar-refractivity contribution in [3.05, 3.63) is 64.7 Å². The molecule has 47 heavy (non-hydrogen) atoms. The maximum Gasteiger partial charge on any atom is 0.264 e. The lowest BCUT2D eigenvalue weighted by molar-refractivity contribution is -0.131. The Bertz CT molecular complexity index is 2060. The molecule has 2 bridgehead atoms. The van der Waals surface area contributed by atoms with Crippen LogP contribution in [-0.4, -0.2) is 47.1 Å². The highest BCUT2D eigenvalue weighted by Crippen LogP contribution is 2.52. The monoisotopic (exact) mass is 658 g/mol. The van der Waals surface area contributed by atoms with Gasteiger partial charge in [-0.25, -0.2) is 13.1 Å². The van der Waals surface area contributed by atoms with Crippen LogP contribution in [0.5, 0.6) is 5.75 Å². The van der Waals surface area contributed by atoms with Gasteiger partial charge in [0.25, 0.3) is 5.91 Å². The van der Waals surface area contributed by atoms with Gasteiger partial charge in [0.2, 0.25) is 27.0 Å². The van der Waals surface area contributed by atoms with Crippen LogP contribution in [0.4, 0.5) is 0 Å². The molecule has 10 nitrogen and oxygen atoms in total. The number of hydrogen-bond acceptors (Lipinski definition) is 6. The first-order chi connectivity index (χ1) is 22.5. The average molecular weight is 659 g/mol. The molecular formula is C36H42N4O6S. The Balaban J connectivity index is 1.37. The van der Waals surface area contributed by atoms with E-state index in [1.54, 1.807) is 50.4 Å². The number of amides is 2. The fraction of sp³-hybridized carbons (Fsp3) is 0.444. The second-order valence-electron chi connectivity index (χ2n) is 13.8. The van der Waals surface area contributed by atoms with Crippen LogP contribution in [0, 0.1) is 11.3 Å². The summed E-state index contributed by atoms with van der Waals surface area (Å²) < 4.78 is 42.9. The average Bonchev–Trinajstić information content (AvgIpc) is 3.78. The van der Waals surface area contributed by atoms with E-state index in [2.05, 4.69) is 21.4 Å². The van der Waals surface area contributed by atoms with Gasteiger partial charge in [0.15, 0.2) is 0 Å². The first-order valence-corrected chi connectivity index (χ1v) is 18.2. The molecule has 0 radical (unpaired) electrons. The van der Waals surface area contributed by atoms with E-state index in [-0.39, 0.29) is 23.1 Å². The first-order valence-electron chi connectivity index (χ1n) is 16.5. The Hall–Kier alpha value is -4.25. The third-order valence-corrected chi connectivity index (χ3v) is 11.5. The summed E-state index contributed by atoms with van der Waals surface area (Å²) in [5, 5.41) is 1.03. The van der Waals surface area contributed by atoms with Gasteiger partial charge in [-0.1, -0.05) is 39.2 Å². The Morgan fingerprint density at radius 2 is 1.70 bits per heavy atom. The van der Waals surface area contributed by atoms with Gasteiger partial charge in [-0.15, -0.1) is 0 Å². The maximum absolute atomic E-state index is 14.2. The van der Waals surface area contributed by atoms with Crippen molar-refractivity contribution < 1.29 is 27.2 Å². The summed E-state index contributed by atoms with van der Waals surface area (Å²) in [6.45, 7) is 4.03. The molecular weight excluding hydrogens is 616 g/mol. The van der Waals surface area contributed by atoms with Crippen molar-refractivity contribution in [2.24, 2.45) is 18.4 Å². The third-order valence-electron chi connectivity index (χ3n) is 9.92. The number of ether oxygens (including phenoxy) is 1. The standard InChI is InChI=1S/C36H42N4O6S/c1-23(2)21-47(43,44)37-34(41)26-12-15-28-29(18-26)40(22-36(16-17-36)35(42)39-19-30-38(3)31(20-39)46-30)33(25-10-13-27(45-4)14-11-25)32(28)24-8-6-5-7-9-24/h10-15,18-20,23-24H,5-9,16-17,21-22H2,1-4H3,(H,37,41). The lowest BCUT2D eigenvalue weighted by Gasteiger charge is -2.27. The highest BCUT2D eigenvalue weighted by Gasteiger charge is 2.52. The first kappa shape index (κ1) is 31.4. The van der Waals surface area contributed by atoms with Gasteiger partial charge < -0.3 is 13.7 Å². The largest absolute Gasteiger partial charge is 0.497 e. The summed E-state index contributed by atoms with van der Waals surface area (Å²) in [6.07, 6.45) is 10.6.